The van der Waals surface area contributed by atoms with Crippen molar-refractivity contribution in [2.24, 2.45) is 0 Å². The SMILES string of the molecule is OP(O)Cc1ccccn1. The fourth-order valence-electron chi connectivity index (χ4n) is 0.637. The Morgan fingerprint density at radius 1 is 1.40 bits per heavy atom. The van der Waals surface area contributed by atoms with Crippen LogP contribution in [0.2, 0.25) is 0 Å². The van der Waals surface area contributed by atoms with Crippen LogP contribution in [0.3, 0.4) is 0 Å². The topological polar surface area (TPSA) is 53.4 Å². The summed E-state index contributed by atoms with van der Waals surface area (Å²) in [4.78, 5) is 21.1. The molecule has 0 aliphatic heterocycles. The molecule has 3 nitrogen and oxygen atoms in total. The molecule has 1 aromatic rings. The molecule has 0 aliphatic rings. The third-order valence-corrected chi connectivity index (χ3v) is 1.64. The van der Waals surface area contributed by atoms with E-state index in [1.165, 1.54) is 0 Å². The van der Waals surface area contributed by atoms with E-state index in [-0.39, 0.29) is 6.16 Å². The first-order chi connectivity index (χ1) is 4.79. The zero-order chi connectivity index (χ0) is 7.40. The summed E-state index contributed by atoms with van der Waals surface area (Å²) in [6.45, 7) is 0. The molecule has 0 aliphatic carbocycles. The molecule has 10 heavy (non-hydrogen) atoms. The number of hydrogen-bond acceptors (Lipinski definition) is 3. The molecule has 0 radical (unpaired) electrons. The van der Waals surface area contributed by atoms with Gasteiger partial charge in [-0.25, -0.2) is 0 Å². The summed E-state index contributed by atoms with van der Waals surface area (Å²) >= 11 is 0. The molecule has 0 spiro atoms. The van der Waals surface area contributed by atoms with Crippen molar-refractivity contribution in [3.05, 3.63) is 30.1 Å². The summed E-state index contributed by atoms with van der Waals surface area (Å²) < 4.78 is 0. The standard InChI is InChI=1S/C6H8NO2P/c8-10(9)5-6-3-1-2-4-7-6/h1-4,8-9H,5H2. The van der Waals surface area contributed by atoms with E-state index in [9.17, 15) is 0 Å². The Labute approximate surface area is 60.3 Å². The Morgan fingerprint density at radius 3 is 2.70 bits per heavy atom. The van der Waals surface area contributed by atoms with E-state index in [2.05, 4.69) is 4.98 Å². The maximum atomic E-state index is 8.59. The molecular weight excluding hydrogens is 149 g/mol. The molecule has 0 saturated heterocycles. The normalized spacial score (nSPS) is 10.3. The van der Waals surface area contributed by atoms with Crippen molar-refractivity contribution >= 4 is 8.38 Å². The Morgan fingerprint density at radius 2 is 2.20 bits per heavy atom. The van der Waals surface area contributed by atoms with Gasteiger partial charge in [-0.05, 0) is 12.1 Å². The second-order valence-corrected chi connectivity index (χ2v) is 2.91. The fourth-order valence-corrected chi connectivity index (χ4v) is 1.11. The van der Waals surface area contributed by atoms with Crippen molar-refractivity contribution in [3.8, 4) is 0 Å². The van der Waals surface area contributed by atoms with Crippen LogP contribution >= 0.6 is 8.38 Å². The van der Waals surface area contributed by atoms with Crippen LogP contribution in [0, 0.1) is 0 Å². The average molecular weight is 157 g/mol. The number of hydrogen-bond donors (Lipinski definition) is 2. The van der Waals surface area contributed by atoms with Gasteiger partial charge in [-0.1, -0.05) is 6.07 Å². The van der Waals surface area contributed by atoms with Crippen LogP contribution in [-0.4, -0.2) is 14.8 Å². The predicted molar refractivity (Wildman–Crippen MR) is 39.3 cm³/mol. The summed E-state index contributed by atoms with van der Waals surface area (Å²) in [5.41, 5.74) is 0.721. The van der Waals surface area contributed by atoms with Crippen molar-refractivity contribution in [1.82, 2.24) is 4.98 Å². The van der Waals surface area contributed by atoms with Crippen molar-refractivity contribution in [1.29, 1.82) is 0 Å². The van der Waals surface area contributed by atoms with Crippen LogP contribution in [0.4, 0.5) is 0 Å². The summed E-state index contributed by atoms with van der Waals surface area (Å²) in [6.07, 6.45) is 1.89. The molecule has 0 fully saturated rings. The van der Waals surface area contributed by atoms with Crippen molar-refractivity contribution in [2.45, 2.75) is 6.16 Å². The number of nitrogens with zero attached hydrogens (tertiary/aromatic N) is 1. The molecule has 0 amide bonds. The first-order valence-electron chi connectivity index (χ1n) is 2.84. The van der Waals surface area contributed by atoms with Gasteiger partial charge in [0.05, 0.1) is 6.16 Å². The van der Waals surface area contributed by atoms with E-state index >= 15 is 0 Å². The van der Waals surface area contributed by atoms with Crippen LogP contribution in [0.25, 0.3) is 0 Å². The van der Waals surface area contributed by atoms with Gasteiger partial charge in [-0.15, -0.1) is 0 Å². The lowest BCUT2D eigenvalue weighted by Gasteiger charge is -1.99. The lowest BCUT2D eigenvalue weighted by molar-refractivity contribution is 0.481. The van der Waals surface area contributed by atoms with Gasteiger partial charge < -0.3 is 9.79 Å². The third kappa shape index (κ3) is 2.40. The molecule has 54 valence electrons. The highest BCUT2D eigenvalue weighted by Crippen LogP contribution is 2.27. The molecule has 1 aromatic heterocycles. The van der Waals surface area contributed by atoms with Gasteiger partial charge >= 0.3 is 0 Å². The molecule has 0 bridgehead atoms. The molecule has 4 heteroatoms. The molecule has 0 unspecified atom stereocenters. The van der Waals surface area contributed by atoms with Gasteiger partial charge in [0, 0.05) is 11.9 Å². The monoisotopic (exact) mass is 157 g/mol. The van der Waals surface area contributed by atoms with Crippen molar-refractivity contribution in [3.63, 3.8) is 0 Å². The molecule has 1 rings (SSSR count). The number of pyridine rings is 1. The maximum Gasteiger partial charge on any atom is 0.171 e. The Hall–Kier alpha value is -0.500. The molecule has 0 aromatic carbocycles. The van der Waals surface area contributed by atoms with E-state index in [1.54, 1.807) is 18.3 Å². The summed E-state index contributed by atoms with van der Waals surface area (Å²) in [5.74, 6) is 0. The van der Waals surface area contributed by atoms with E-state index in [0.717, 1.165) is 5.69 Å². The van der Waals surface area contributed by atoms with Gasteiger partial charge in [0.2, 0.25) is 0 Å². The van der Waals surface area contributed by atoms with Gasteiger partial charge in [0.25, 0.3) is 0 Å². The van der Waals surface area contributed by atoms with Gasteiger partial charge in [-0.2, -0.15) is 0 Å². The first kappa shape index (κ1) is 7.61. The second-order valence-electron chi connectivity index (χ2n) is 1.85. The highest BCUT2D eigenvalue weighted by atomic mass is 31.2. The zero-order valence-electron chi connectivity index (χ0n) is 5.31. The van der Waals surface area contributed by atoms with Gasteiger partial charge in [-0.3, -0.25) is 4.98 Å². The van der Waals surface area contributed by atoms with Crippen LogP contribution in [0.5, 0.6) is 0 Å². The van der Waals surface area contributed by atoms with Gasteiger partial charge in [0.1, 0.15) is 0 Å². The molecule has 0 saturated carbocycles. The van der Waals surface area contributed by atoms with E-state index < -0.39 is 8.38 Å². The lowest BCUT2D eigenvalue weighted by atomic mass is 10.4. The maximum absolute atomic E-state index is 8.59. The van der Waals surface area contributed by atoms with E-state index in [1.807, 2.05) is 6.07 Å². The Kier molecular flexibility index (Phi) is 2.75. The summed E-state index contributed by atoms with van der Waals surface area (Å²) in [7, 11) is -1.84. The second kappa shape index (κ2) is 3.62. The van der Waals surface area contributed by atoms with Crippen molar-refractivity contribution < 1.29 is 9.79 Å². The van der Waals surface area contributed by atoms with Crippen LogP contribution in [0.1, 0.15) is 5.69 Å². The van der Waals surface area contributed by atoms with Gasteiger partial charge in [0.15, 0.2) is 8.38 Å². The largest absolute Gasteiger partial charge is 0.350 e. The molecular formula is C6H8NO2P. The minimum atomic E-state index is -1.84. The predicted octanol–water partition coefficient (Wildman–Crippen LogP) is 0.878. The third-order valence-electron chi connectivity index (χ3n) is 1.03. The number of rotatable bonds is 2. The highest BCUT2D eigenvalue weighted by molar-refractivity contribution is 7.44. The molecule has 1 heterocycles. The lowest BCUT2D eigenvalue weighted by Crippen LogP contribution is -1.85. The van der Waals surface area contributed by atoms with Crippen molar-refractivity contribution in [2.75, 3.05) is 0 Å². The quantitative estimate of drug-likeness (QED) is 0.626. The van der Waals surface area contributed by atoms with E-state index in [0.29, 0.717) is 0 Å². The smallest absolute Gasteiger partial charge is 0.171 e. The average Bonchev–Trinajstić information content (AvgIpc) is 1.88. The summed E-state index contributed by atoms with van der Waals surface area (Å²) in [5, 5.41) is 0. The fraction of sp³-hybridized carbons (Fsp3) is 0.167. The molecule has 2 N–H and O–H groups in total. The highest BCUT2D eigenvalue weighted by Gasteiger charge is 1.99. The molecule has 0 atom stereocenters. The van der Waals surface area contributed by atoms with Crippen LogP contribution < -0.4 is 0 Å². The Balaban J connectivity index is 2.59. The number of aromatic nitrogens is 1. The minimum absolute atomic E-state index is 0.260. The van der Waals surface area contributed by atoms with Crippen LogP contribution in [-0.2, 0) is 6.16 Å². The zero-order valence-corrected chi connectivity index (χ0v) is 6.20. The summed E-state index contributed by atoms with van der Waals surface area (Å²) in [6, 6.07) is 5.38. The van der Waals surface area contributed by atoms with Crippen LogP contribution in [0.15, 0.2) is 24.4 Å². The van der Waals surface area contributed by atoms with E-state index in [4.69, 9.17) is 9.79 Å². The Bertz CT molecular complexity index is 190. The first-order valence-corrected chi connectivity index (χ1v) is 4.27. The minimum Gasteiger partial charge on any atom is -0.350 e.